The van der Waals surface area contributed by atoms with Gasteiger partial charge in [0.25, 0.3) is 0 Å². The maximum atomic E-state index is 13.1. The lowest BCUT2D eigenvalue weighted by Gasteiger charge is -2.08. The van der Waals surface area contributed by atoms with Gasteiger partial charge in [0.15, 0.2) is 0 Å². The lowest BCUT2D eigenvalue weighted by molar-refractivity contribution is 0.0696. The number of nitrogens with zero attached hydrogens (tertiary/aromatic N) is 3. The van der Waals surface area contributed by atoms with Crippen molar-refractivity contribution in [1.29, 1.82) is 0 Å². The highest BCUT2D eigenvalue weighted by Crippen LogP contribution is 2.12. The molecule has 0 unspecified atom stereocenters. The minimum absolute atomic E-state index is 0.195. The average molecular weight is 377 g/mol. The predicted octanol–water partition coefficient (Wildman–Crippen LogP) is 3.71. The third kappa shape index (κ3) is 5.04. The first-order valence-corrected chi connectivity index (χ1v) is 8.96. The summed E-state index contributed by atoms with van der Waals surface area (Å²) in [5, 5.41) is 9.26. The van der Waals surface area contributed by atoms with Crippen molar-refractivity contribution in [2.45, 2.75) is 32.7 Å². The molecule has 0 saturated heterocycles. The molecule has 3 rings (SSSR count). The Labute approximate surface area is 162 Å². The molecule has 0 spiro atoms. The zero-order valence-electron chi connectivity index (χ0n) is 15.5. The minimum atomic E-state index is -0.988. The molecule has 6 heteroatoms. The number of imidazole rings is 1. The van der Waals surface area contributed by atoms with Crippen LogP contribution in [0.3, 0.4) is 0 Å². The largest absolute Gasteiger partial charge is 0.478 e. The van der Waals surface area contributed by atoms with E-state index in [1.165, 1.54) is 18.2 Å². The Morgan fingerprint density at radius 2 is 2.00 bits per heavy atom. The van der Waals surface area contributed by atoms with Gasteiger partial charge in [0.05, 0.1) is 5.56 Å². The summed E-state index contributed by atoms with van der Waals surface area (Å²) in [5.41, 5.74) is 2.37. The number of hydrogen-bond acceptors (Lipinski definition) is 3. The van der Waals surface area contributed by atoms with E-state index in [9.17, 15) is 14.3 Å². The predicted molar refractivity (Wildman–Crippen MR) is 104 cm³/mol. The molecule has 1 N–H and O–H groups in total. The monoisotopic (exact) mass is 377 g/mol. The van der Waals surface area contributed by atoms with Gasteiger partial charge in [-0.15, -0.1) is 0 Å². The molecule has 28 heavy (non-hydrogen) atoms. The first kappa shape index (κ1) is 19.3. The molecule has 0 aliphatic rings. The molecule has 0 aliphatic carbocycles. The summed E-state index contributed by atoms with van der Waals surface area (Å²) in [4.78, 5) is 20.1. The zero-order chi connectivity index (χ0) is 19.9. The number of aromatic nitrogens is 3. The van der Waals surface area contributed by atoms with Gasteiger partial charge in [-0.2, -0.15) is 0 Å². The Hall–Kier alpha value is -3.46. The van der Waals surface area contributed by atoms with E-state index in [1.54, 1.807) is 31.3 Å². The number of carboxylic acids is 1. The smallest absolute Gasteiger partial charge is 0.335 e. The van der Waals surface area contributed by atoms with Crippen LogP contribution in [-0.2, 0) is 19.4 Å². The van der Waals surface area contributed by atoms with Crippen molar-refractivity contribution in [3.63, 3.8) is 0 Å². The van der Waals surface area contributed by atoms with Crippen molar-refractivity contribution in [2.24, 2.45) is 0 Å². The van der Waals surface area contributed by atoms with Crippen molar-refractivity contribution in [3.05, 3.63) is 82.9 Å². The fraction of sp³-hybridized carbons (Fsp3) is 0.227. The molecule has 5 nitrogen and oxygen atoms in total. The first-order valence-electron chi connectivity index (χ1n) is 8.96. The maximum Gasteiger partial charge on any atom is 0.335 e. The van der Waals surface area contributed by atoms with E-state index in [1.807, 2.05) is 10.8 Å². The molecule has 142 valence electrons. The van der Waals surface area contributed by atoms with E-state index >= 15 is 0 Å². The zero-order valence-corrected chi connectivity index (χ0v) is 15.5. The Morgan fingerprint density at radius 3 is 2.71 bits per heavy atom. The number of benzene rings is 1. The number of halogens is 1. The molecule has 2 aromatic heterocycles. The molecule has 0 saturated carbocycles. The molecule has 1 aromatic carbocycles. The highest BCUT2D eigenvalue weighted by atomic mass is 19.1. The van der Waals surface area contributed by atoms with E-state index in [0.29, 0.717) is 24.4 Å². The third-order valence-electron chi connectivity index (χ3n) is 4.28. The Kier molecular flexibility index (Phi) is 6.18. The van der Waals surface area contributed by atoms with Crippen LogP contribution in [0.4, 0.5) is 4.39 Å². The SMILES string of the molecule is CC#Cc1cc(C(=O)O)cc(CCCc2nccn2Cc2ccc(F)cc2)n1. The van der Waals surface area contributed by atoms with Crippen molar-refractivity contribution in [1.82, 2.24) is 14.5 Å². The van der Waals surface area contributed by atoms with Gasteiger partial charge < -0.3 is 9.67 Å². The summed E-state index contributed by atoms with van der Waals surface area (Å²) in [7, 11) is 0. The van der Waals surface area contributed by atoms with Crippen molar-refractivity contribution < 1.29 is 14.3 Å². The first-order chi connectivity index (χ1) is 13.5. The van der Waals surface area contributed by atoms with Crippen LogP contribution in [0, 0.1) is 17.7 Å². The maximum absolute atomic E-state index is 13.1. The Balaban J connectivity index is 1.65. The molecule has 0 radical (unpaired) electrons. The number of rotatable bonds is 7. The van der Waals surface area contributed by atoms with Crippen LogP contribution in [0.5, 0.6) is 0 Å². The van der Waals surface area contributed by atoms with Crippen molar-refractivity contribution in [2.75, 3.05) is 0 Å². The van der Waals surface area contributed by atoms with Crippen LogP contribution in [0.25, 0.3) is 0 Å². The highest BCUT2D eigenvalue weighted by molar-refractivity contribution is 5.88. The third-order valence-corrected chi connectivity index (χ3v) is 4.28. The minimum Gasteiger partial charge on any atom is -0.478 e. The van der Waals surface area contributed by atoms with E-state index < -0.39 is 5.97 Å². The number of pyridine rings is 1. The molecular weight excluding hydrogens is 357 g/mol. The van der Waals surface area contributed by atoms with Crippen LogP contribution in [-0.4, -0.2) is 25.6 Å². The van der Waals surface area contributed by atoms with E-state index in [0.717, 1.165) is 24.2 Å². The van der Waals surface area contributed by atoms with Gasteiger partial charge in [-0.25, -0.2) is 19.2 Å². The standard InChI is InChI=1S/C22H20FN3O2/c1-2-4-19-13-17(22(27)28)14-20(25-19)5-3-6-21-24-11-12-26(21)15-16-7-9-18(23)10-8-16/h7-14H,3,5-6,15H2,1H3,(H,27,28). The number of carbonyl (C=O) groups is 1. The van der Waals surface area contributed by atoms with E-state index in [-0.39, 0.29) is 11.4 Å². The number of hydrogen-bond donors (Lipinski definition) is 1. The molecule has 3 aromatic rings. The summed E-state index contributed by atoms with van der Waals surface area (Å²) < 4.78 is 15.1. The fourth-order valence-corrected chi connectivity index (χ4v) is 2.96. The lowest BCUT2D eigenvalue weighted by atomic mass is 10.1. The van der Waals surface area contributed by atoms with Gasteiger partial charge in [-0.05, 0) is 55.5 Å². The van der Waals surface area contributed by atoms with Crippen LogP contribution in [0.2, 0.25) is 0 Å². The molecule has 0 atom stereocenters. The van der Waals surface area contributed by atoms with Gasteiger partial charge in [-0.3, -0.25) is 0 Å². The van der Waals surface area contributed by atoms with Crippen LogP contribution in [0.15, 0.2) is 48.8 Å². The number of aryl methyl sites for hydroxylation is 2. The number of aromatic carboxylic acids is 1. The van der Waals surface area contributed by atoms with Crippen molar-refractivity contribution in [3.8, 4) is 11.8 Å². The van der Waals surface area contributed by atoms with Gasteiger partial charge in [0, 0.05) is 31.1 Å². The Morgan fingerprint density at radius 1 is 1.21 bits per heavy atom. The van der Waals surface area contributed by atoms with E-state index in [2.05, 4.69) is 21.8 Å². The topological polar surface area (TPSA) is 68.0 Å². The Bertz CT molecular complexity index is 1030. The van der Waals surface area contributed by atoms with Crippen LogP contribution < -0.4 is 0 Å². The van der Waals surface area contributed by atoms with Crippen LogP contribution in [0.1, 0.15) is 46.5 Å². The number of carboxylic acid groups (broad SMARTS) is 1. The second-order valence-corrected chi connectivity index (χ2v) is 6.36. The van der Waals surface area contributed by atoms with Crippen molar-refractivity contribution >= 4 is 5.97 Å². The molecule has 0 bridgehead atoms. The summed E-state index contributed by atoms with van der Waals surface area (Å²) in [6.07, 6.45) is 5.77. The second kappa shape index (κ2) is 8.96. The highest BCUT2D eigenvalue weighted by Gasteiger charge is 2.09. The second-order valence-electron chi connectivity index (χ2n) is 6.36. The van der Waals surface area contributed by atoms with Gasteiger partial charge in [0.2, 0.25) is 0 Å². The van der Waals surface area contributed by atoms with Crippen LogP contribution >= 0.6 is 0 Å². The fourth-order valence-electron chi connectivity index (χ4n) is 2.96. The molecular formula is C22H20FN3O2. The van der Waals surface area contributed by atoms with Gasteiger partial charge >= 0.3 is 5.97 Å². The summed E-state index contributed by atoms with van der Waals surface area (Å²) in [6.45, 7) is 2.31. The molecule has 0 aliphatic heterocycles. The van der Waals surface area contributed by atoms with Gasteiger partial charge in [0.1, 0.15) is 17.3 Å². The van der Waals surface area contributed by atoms with E-state index in [4.69, 9.17) is 0 Å². The summed E-state index contributed by atoms with van der Waals surface area (Å²) in [5.74, 6) is 5.25. The summed E-state index contributed by atoms with van der Waals surface area (Å²) >= 11 is 0. The molecule has 2 heterocycles. The molecule has 0 amide bonds. The lowest BCUT2D eigenvalue weighted by Crippen LogP contribution is -2.06. The average Bonchev–Trinajstić information content (AvgIpc) is 3.11. The molecule has 0 fully saturated rings. The normalized spacial score (nSPS) is 10.4. The van der Waals surface area contributed by atoms with Gasteiger partial charge in [-0.1, -0.05) is 18.1 Å². The quantitative estimate of drug-likeness (QED) is 0.638. The summed E-state index contributed by atoms with van der Waals surface area (Å²) in [6, 6.07) is 9.49.